The number of hydrogen-bond donors (Lipinski definition) is 1. The number of rotatable bonds is 5. The second-order valence-electron chi connectivity index (χ2n) is 4.34. The third-order valence-corrected chi connectivity index (χ3v) is 3.38. The summed E-state index contributed by atoms with van der Waals surface area (Å²) >= 11 is 0. The molecule has 96 valence electrons. The van der Waals surface area contributed by atoms with Crippen molar-refractivity contribution in [2.75, 3.05) is 14.2 Å². The topological polar surface area (TPSA) is 44.5 Å². The Kier molecular flexibility index (Phi) is 4.97. The van der Waals surface area contributed by atoms with E-state index in [4.69, 9.17) is 15.2 Å². The fourth-order valence-corrected chi connectivity index (χ4v) is 2.11. The lowest BCUT2D eigenvalue weighted by Gasteiger charge is -2.24. The molecule has 0 heterocycles. The monoisotopic (exact) mass is 237 g/mol. The minimum Gasteiger partial charge on any atom is -0.496 e. The maximum absolute atomic E-state index is 6.25. The molecule has 3 nitrogen and oxygen atoms in total. The van der Waals surface area contributed by atoms with Gasteiger partial charge in [0, 0.05) is 12.7 Å². The molecule has 17 heavy (non-hydrogen) atoms. The number of methoxy groups -OCH3 is 2. The van der Waals surface area contributed by atoms with Crippen molar-refractivity contribution in [1.29, 1.82) is 0 Å². The number of aryl methyl sites for hydroxylation is 1. The number of nitrogens with two attached hydrogens (primary N) is 1. The molecule has 0 aliphatic heterocycles. The molecule has 0 aliphatic rings. The van der Waals surface area contributed by atoms with Gasteiger partial charge in [0.25, 0.3) is 0 Å². The van der Waals surface area contributed by atoms with E-state index in [9.17, 15) is 0 Å². The van der Waals surface area contributed by atoms with E-state index >= 15 is 0 Å². The summed E-state index contributed by atoms with van der Waals surface area (Å²) in [7, 11) is 3.38. The van der Waals surface area contributed by atoms with Crippen molar-refractivity contribution in [1.82, 2.24) is 0 Å². The minimum atomic E-state index is -0.153. The summed E-state index contributed by atoms with van der Waals surface area (Å²) in [6.45, 7) is 6.19. The first-order chi connectivity index (χ1) is 8.06. The maximum atomic E-state index is 6.25. The van der Waals surface area contributed by atoms with Crippen molar-refractivity contribution in [3.8, 4) is 5.75 Å². The van der Waals surface area contributed by atoms with Crippen LogP contribution in [0.3, 0.4) is 0 Å². The molecule has 1 aromatic rings. The summed E-state index contributed by atoms with van der Waals surface area (Å²) in [4.78, 5) is 0. The van der Waals surface area contributed by atoms with Gasteiger partial charge in [-0.05, 0) is 31.4 Å². The summed E-state index contributed by atoms with van der Waals surface area (Å²) in [5.74, 6) is 0.882. The van der Waals surface area contributed by atoms with Gasteiger partial charge in [-0.15, -0.1) is 0 Å². The SMILES string of the molecule is CCC(OC)C(N)c1ccc(C)c(C)c1OC. The average molecular weight is 237 g/mol. The van der Waals surface area contributed by atoms with Crippen LogP contribution in [0.2, 0.25) is 0 Å². The van der Waals surface area contributed by atoms with Gasteiger partial charge in [-0.25, -0.2) is 0 Å². The Bertz CT molecular complexity index is 373. The van der Waals surface area contributed by atoms with Crippen molar-refractivity contribution in [3.63, 3.8) is 0 Å². The van der Waals surface area contributed by atoms with Crippen LogP contribution >= 0.6 is 0 Å². The van der Waals surface area contributed by atoms with Crippen LogP contribution in [0.25, 0.3) is 0 Å². The molecule has 0 saturated carbocycles. The Hall–Kier alpha value is -1.06. The van der Waals surface area contributed by atoms with Crippen LogP contribution in [-0.2, 0) is 4.74 Å². The highest BCUT2D eigenvalue weighted by Crippen LogP contribution is 2.32. The van der Waals surface area contributed by atoms with Crippen LogP contribution in [0.4, 0.5) is 0 Å². The highest BCUT2D eigenvalue weighted by Gasteiger charge is 2.22. The zero-order valence-corrected chi connectivity index (χ0v) is 11.4. The van der Waals surface area contributed by atoms with E-state index in [1.165, 1.54) is 5.56 Å². The summed E-state index contributed by atoms with van der Waals surface area (Å²) in [6, 6.07) is 3.96. The molecule has 0 radical (unpaired) electrons. The van der Waals surface area contributed by atoms with Crippen LogP contribution in [0.5, 0.6) is 5.75 Å². The van der Waals surface area contributed by atoms with E-state index in [1.54, 1.807) is 14.2 Å². The first-order valence-electron chi connectivity index (χ1n) is 5.99. The summed E-state index contributed by atoms with van der Waals surface area (Å²) in [5, 5.41) is 0. The quantitative estimate of drug-likeness (QED) is 0.856. The fourth-order valence-electron chi connectivity index (χ4n) is 2.11. The highest BCUT2D eigenvalue weighted by atomic mass is 16.5. The lowest BCUT2D eigenvalue weighted by atomic mass is 9.95. The van der Waals surface area contributed by atoms with E-state index in [0.29, 0.717) is 0 Å². The third-order valence-electron chi connectivity index (χ3n) is 3.38. The van der Waals surface area contributed by atoms with Crippen LogP contribution in [-0.4, -0.2) is 20.3 Å². The molecule has 0 aliphatic carbocycles. The molecule has 2 N–H and O–H groups in total. The first-order valence-corrected chi connectivity index (χ1v) is 5.99. The van der Waals surface area contributed by atoms with Gasteiger partial charge in [-0.3, -0.25) is 0 Å². The molecule has 2 unspecified atom stereocenters. The van der Waals surface area contributed by atoms with E-state index in [1.807, 2.05) is 6.07 Å². The minimum absolute atomic E-state index is 0.0195. The Morgan fingerprint density at radius 2 is 1.88 bits per heavy atom. The van der Waals surface area contributed by atoms with Gasteiger partial charge in [0.15, 0.2) is 0 Å². The maximum Gasteiger partial charge on any atom is 0.126 e. The van der Waals surface area contributed by atoms with Crippen molar-refractivity contribution in [3.05, 3.63) is 28.8 Å². The molecule has 0 saturated heterocycles. The van der Waals surface area contributed by atoms with Crippen molar-refractivity contribution < 1.29 is 9.47 Å². The van der Waals surface area contributed by atoms with Crippen LogP contribution < -0.4 is 10.5 Å². The lowest BCUT2D eigenvalue weighted by Crippen LogP contribution is -2.28. The van der Waals surface area contributed by atoms with Gasteiger partial charge in [-0.1, -0.05) is 19.1 Å². The van der Waals surface area contributed by atoms with E-state index < -0.39 is 0 Å². The fraction of sp³-hybridized carbons (Fsp3) is 0.571. The number of benzene rings is 1. The molecular weight excluding hydrogens is 214 g/mol. The lowest BCUT2D eigenvalue weighted by molar-refractivity contribution is 0.0764. The van der Waals surface area contributed by atoms with Crippen LogP contribution in [0, 0.1) is 13.8 Å². The van der Waals surface area contributed by atoms with Gasteiger partial charge in [0.05, 0.1) is 19.3 Å². The van der Waals surface area contributed by atoms with Crippen molar-refractivity contribution >= 4 is 0 Å². The molecule has 2 atom stereocenters. The standard InChI is InChI=1S/C14H23NO2/c1-6-12(16-4)13(15)11-8-7-9(2)10(3)14(11)17-5/h7-8,12-13H,6,15H2,1-5H3. The third kappa shape index (κ3) is 2.79. The zero-order valence-electron chi connectivity index (χ0n) is 11.4. The molecular formula is C14H23NO2. The first kappa shape index (κ1) is 14.0. The molecule has 1 rings (SSSR count). The van der Waals surface area contributed by atoms with Gasteiger partial charge in [-0.2, -0.15) is 0 Å². The predicted octanol–water partition coefficient (Wildman–Crippen LogP) is 2.74. The molecule has 0 amide bonds. The van der Waals surface area contributed by atoms with E-state index in [0.717, 1.165) is 23.3 Å². The zero-order chi connectivity index (χ0) is 13.0. The number of hydrogen-bond acceptors (Lipinski definition) is 3. The molecule has 0 spiro atoms. The molecule has 3 heteroatoms. The molecule has 0 bridgehead atoms. The Morgan fingerprint density at radius 3 is 2.35 bits per heavy atom. The molecule has 1 aromatic carbocycles. The smallest absolute Gasteiger partial charge is 0.126 e. The van der Waals surface area contributed by atoms with Gasteiger partial charge in [0.2, 0.25) is 0 Å². The van der Waals surface area contributed by atoms with E-state index in [2.05, 4.69) is 26.8 Å². The van der Waals surface area contributed by atoms with Gasteiger partial charge in [0.1, 0.15) is 5.75 Å². The predicted molar refractivity (Wildman–Crippen MR) is 70.5 cm³/mol. The Labute approximate surface area is 104 Å². The second-order valence-corrected chi connectivity index (χ2v) is 4.34. The summed E-state index contributed by atoms with van der Waals surface area (Å²) < 4.78 is 10.9. The van der Waals surface area contributed by atoms with Crippen molar-refractivity contribution in [2.45, 2.75) is 39.3 Å². The van der Waals surface area contributed by atoms with E-state index in [-0.39, 0.29) is 12.1 Å². The Balaban J connectivity index is 3.17. The van der Waals surface area contributed by atoms with Gasteiger partial charge < -0.3 is 15.2 Å². The summed E-state index contributed by atoms with van der Waals surface area (Å²) in [5.41, 5.74) is 9.62. The Morgan fingerprint density at radius 1 is 1.24 bits per heavy atom. The normalized spacial score (nSPS) is 14.5. The largest absolute Gasteiger partial charge is 0.496 e. The van der Waals surface area contributed by atoms with Crippen molar-refractivity contribution in [2.24, 2.45) is 5.73 Å². The highest BCUT2D eigenvalue weighted by molar-refractivity contribution is 5.47. The van der Waals surface area contributed by atoms with Crippen LogP contribution in [0.1, 0.15) is 36.1 Å². The second kappa shape index (κ2) is 6.03. The molecule has 0 aromatic heterocycles. The summed E-state index contributed by atoms with van der Waals surface area (Å²) in [6.07, 6.45) is 0.902. The van der Waals surface area contributed by atoms with Crippen LogP contribution in [0.15, 0.2) is 12.1 Å². The molecule has 0 fully saturated rings. The number of ether oxygens (including phenoxy) is 2. The average Bonchev–Trinajstić information content (AvgIpc) is 2.33. The van der Waals surface area contributed by atoms with Gasteiger partial charge >= 0.3 is 0 Å².